The maximum Gasteiger partial charge on any atom is 0.488 e. The molecule has 3 rings (SSSR count). The third-order valence-corrected chi connectivity index (χ3v) is 4.68. The summed E-state index contributed by atoms with van der Waals surface area (Å²) in [6, 6.07) is 7.07. The number of anilines is 1. The Morgan fingerprint density at radius 2 is 2.06 bits per heavy atom. The highest BCUT2D eigenvalue weighted by Crippen LogP contribution is 2.49. The Morgan fingerprint density at radius 1 is 1.24 bits per heavy atom. The van der Waals surface area contributed by atoms with Gasteiger partial charge in [0.25, 0.3) is 0 Å². The molecule has 2 aromatic rings. The van der Waals surface area contributed by atoms with E-state index in [1.54, 1.807) is 18.4 Å². The first-order valence-electron chi connectivity index (χ1n) is 4.97. The van der Waals surface area contributed by atoms with Crippen LogP contribution in [0.3, 0.4) is 0 Å². The van der Waals surface area contributed by atoms with Crippen molar-refractivity contribution < 1.29 is 14.5 Å². The second-order valence-electron chi connectivity index (χ2n) is 3.71. The molecular formula is C10H8BClNO3P. The maximum absolute atomic E-state index is 9.15. The summed E-state index contributed by atoms with van der Waals surface area (Å²) in [5.74, 6) is 0.663. The van der Waals surface area contributed by atoms with Gasteiger partial charge in [-0.15, -0.1) is 0 Å². The zero-order valence-corrected chi connectivity index (χ0v) is 10.2. The van der Waals surface area contributed by atoms with E-state index in [9.17, 15) is 0 Å². The van der Waals surface area contributed by atoms with Crippen molar-refractivity contribution in [1.82, 2.24) is 0 Å². The average molecular weight is 267 g/mol. The minimum absolute atomic E-state index is 0.436. The van der Waals surface area contributed by atoms with E-state index in [1.165, 1.54) is 0 Å². The van der Waals surface area contributed by atoms with E-state index in [1.807, 2.05) is 12.1 Å². The van der Waals surface area contributed by atoms with Gasteiger partial charge in [0, 0.05) is 10.9 Å². The molecule has 0 amide bonds. The van der Waals surface area contributed by atoms with Crippen LogP contribution in [0.2, 0.25) is 0 Å². The molecular weight excluding hydrogens is 259 g/mol. The summed E-state index contributed by atoms with van der Waals surface area (Å²) in [6.45, 7) is 0. The van der Waals surface area contributed by atoms with Crippen LogP contribution in [-0.4, -0.2) is 17.2 Å². The molecule has 0 fully saturated rings. The van der Waals surface area contributed by atoms with Crippen molar-refractivity contribution in [2.45, 2.75) is 0 Å². The van der Waals surface area contributed by atoms with Crippen LogP contribution in [0.25, 0.3) is 11.1 Å². The van der Waals surface area contributed by atoms with Gasteiger partial charge in [0.2, 0.25) is 5.88 Å². The first kappa shape index (κ1) is 11.1. The van der Waals surface area contributed by atoms with Crippen LogP contribution in [-0.2, 0) is 0 Å². The molecule has 7 heteroatoms. The van der Waals surface area contributed by atoms with Gasteiger partial charge in [0.1, 0.15) is 7.43 Å². The van der Waals surface area contributed by atoms with E-state index in [-0.39, 0.29) is 0 Å². The van der Waals surface area contributed by atoms with Gasteiger partial charge < -0.3 is 19.6 Å². The number of hydrogen-bond acceptors (Lipinski definition) is 4. The molecule has 1 atom stereocenters. The summed E-state index contributed by atoms with van der Waals surface area (Å²) in [6.07, 6.45) is 1.60. The summed E-state index contributed by atoms with van der Waals surface area (Å²) < 4.78 is 5.28. The molecule has 0 spiro atoms. The van der Waals surface area contributed by atoms with Crippen molar-refractivity contribution >= 4 is 42.4 Å². The van der Waals surface area contributed by atoms with Crippen LogP contribution in [0.15, 0.2) is 34.9 Å². The molecule has 0 radical (unpaired) electrons. The Labute approximate surface area is 104 Å². The normalized spacial score (nSPS) is 17.0. The molecule has 86 valence electrons. The second kappa shape index (κ2) is 4.04. The van der Waals surface area contributed by atoms with E-state index in [0.29, 0.717) is 11.3 Å². The number of nitrogens with one attached hydrogen (secondary N) is 1. The molecule has 1 aliphatic heterocycles. The molecule has 0 saturated carbocycles. The highest BCUT2D eigenvalue weighted by Gasteiger charge is 2.26. The summed E-state index contributed by atoms with van der Waals surface area (Å²) in [5, 5.41) is 22.2. The van der Waals surface area contributed by atoms with Crippen LogP contribution in [0, 0.1) is 0 Å². The lowest BCUT2D eigenvalue weighted by molar-refractivity contribution is 0.426. The number of hydrogen-bond donors (Lipinski definition) is 3. The molecule has 0 aliphatic carbocycles. The van der Waals surface area contributed by atoms with E-state index in [2.05, 4.69) is 5.09 Å². The lowest BCUT2D eigenvalue weighted by Crippen LogP contribution is -2.32. The van der Waals surface area contributed by atoms with E-state index >= 15 is 0 Å². The zero-order valence-electron chi connectivity index (χ0n) is 8.59. The fourth-order valence-corrected chi connectivity index (χ4v) is 3.65. The predicted octanol–water partition coefficient (Wildman–Crippen LogP) is 1.23. The highest BCUT2D eigenvalue weighted by molar-refractivity contribution is 7.91. The average Bonchev–Trinajstić information content (AvgIpc) is 2.76. The molecule has 0 bridgehead atoms. The Morgan fingerprint density at radius 3 is 2.82 bits per heavy atom. The first-order valence-corrected chi connectivity index (χ1v) is 7.22. The zero-order chi connectivity index (χ0) is 12.0. The van der Waals surface area contributed by atoms with Gasteiger partial charge in [0.15, 0.2) is 0 Å². The van der Waals surface area contributed by atoms with Crippen molar-refractivity contribution in [3.05, 3.63) is 30.5 Å². The van der Waals surface area contributed by atoms with E-state index < -0.39 is 14.5 Å². The van der Waals surface area contributed by atoms with Gasteiger partial charge in [-0.1, -0.05) is 29.4 Å². The van der Waals surface area contributed by atoms with Gasteiger partial charge in [-0.05, 0) is 17.1 Å². The van der Waals surface area contributed by atoms with Crippen LogP contribution in [0.5, 0.6) is 0 Å². The molecule has 0 saturated heterocycles. The predicted molar refractivity (Wildman–Crippen MR) is 70.0 cm³/mol. The Kier molecular flexibility index (Phi) is 2.64. The fraction of sp³-hybridized carbons (Fsp3) is 0. The number of fused-ring (bicyclic) bond motifs is 3. The summed E-state index contributed by atoms with van der Waals surface area (Å²) in [7, 11) is -2.58. The molecule has 3 N–H and O–H groups in total. The van der Waals surface area contributed by atoms with Crippen LogP contribution in [0.4, 0.5) is 5.88 Å². The third kappa shape index (κ3) is 1.76. The van der Waals surface area contributed by atoms with Crippen molar-refractivity contribution in [3.8, 4) is 11.1 Å². The van der Waals surface area contributed by atoms with E-state index in [4.69, 9.17) is 25.7 Å². The van der Waals surface area contributed by atoms with Gasteiger partial charge in [-0.2, -0.15) is 0 Å². The van der Waals surface area contributed by atoms with Crippen LogP contribution >= 0.6 is 18.7 Å². The van der Waals surface area contributed by atoms with Gasteiger partial charge in [-0.3, -0.25) is 0 Å². The Bertz CT molecular complexity index is 574. The van der Waals surface area contributed by atoms with Crippen LogP contribution < -0.4 is 15.9 Å². The smallest absolute Gasteiger partial charge is 0.448 e. The molecule has 1 aromatic carbocycles. The SMILES string of the molecule is OB(O)c1ccc2c(c1)P(Cl)Nc1occc1-2. The molecule has 1 aromatic heterocycles. The van der Waals surface area contributed by atoms with Crippen molar-refractivity contribution in [2.24, 2.45) is 0 Å². The minimum atomic E-state index is -1.48. The maximum atomic E-state index is 9.15. The Balaban J connectivity index is 2.19. The van der Waals surface area contributed by atoms with Gasteiger partial charge in [-0.25, -0.2) is 0 Å². The monoisotopic (exact) mass is 267 g/mol. The summed E-state index contributed by atoms with van der Waals surface area (Å²) in [4.78, 5) is 0. The molecule has 17 heavy (non-hydrogen) atoms. The number of furan rings is 1. The highest BCUT2D eigenvalue weighted by atomic mass is 35.7. The number of halogens is 1. The fourth-order valence-electron chi connectivity index (χ4n) is 1.86. The largest absolute Gasteiger partial charge is 0.488 e. The van der Waals surface area contributed by atoms with E-state index in [0.717, 1.165) is 16.4 Å². The third-order valence-electron chi connectivity index (χ3n) is 2.69. The van der Waals surface area contributed by atoms with Gasteiger partial charge >= 0.3 is 7.12 Å². The number of rotatable bonds is 1. The molecule has 1 aliphatic rings. The molecule has 4 nitrogen and oxygen atoms in total. The number of benzene rings is 1. The standard InChI is InChI=1S/C10H8BClNO3P/c12-17-9-5-6(11(14)15)1-2-7(9)8-3-4-16-10(8)13-17/h1-5,13-15H. The lowest BCUT2D eigenvalue weighted by atomic mass is 9.80. The first-order chi connectivity index (χ1) is 8.16. The second-order valence-corrected chi connectivity index (χ2v) is 5.99. The van der Waals surface area contributed by atoms with Crippen LogP contribution in [0.1, 0.15) is 0 Å². The van der Waals surface area contributed by atoms with Crippen molar-refractivity contribution in [3.63, 3.8) is 0 Å². The molecule has 2 heterocycles. The van der Waals surface area contributed by atoms with Crippen molar-refractivity contribution in [2.75, 3.05) is 5.09 Å². The summed E-state index contributed by atoms with van der Waals surface area (Å²) >= 11 is 6.24. The van der Waals surface area contributed by atoms with Gasteiger partial charge in [0.05, 0.1) is 6.26 Å². The minimum Gasteiger partial charge on any atom is -0.448 e. The van der Waals surface area contributed by atoms with Crippen molar-refractivity contribution in [1.29, 1.82) is 0 Å². The lowest BCUT2D eigenvalue weighted by Gasteiger charge is -2.22. The molecule has 1 unspecified atom stereocenters. The topological polar surface area (TPSA) is 65.6 Å². The Hall–Kier alpha value is -0.995. The quantitative estimate of drug-likeness (QED) is 0.537. The summed E-state index contributed by atoms with van der Waals surface area (Å²) in [5.41, 5.74) is 2.35.